The molecule has 1 unspecified atom stereocenters. The zero-order valence-electron chi connectivity index (χ0n) is 13.2. The van der Waals surface area contributed by atoms with E-state index in [2.05, 4.69) is 51.3 Å². The average molecular weight is 268 g/mol. The van der Waals surface area contributed by atoms with Crippen LogP contribution >= 0.6 is 0 Å². The van der Waals surface area contributed by atoms with Crippen molar-refractivity contribution >= 4 is 5.97 Å². The van der Waals surface area contributed by atoms with Crippen molar-refractivity contribution in [2.75, 3.05) is 19.6 Å². The van der Waals surface area contributed by atoms with Crippen molar-refractivity contribution in [2.24, 2.45) is 0 Å². The van der Waals surface area contributed by atoms with E-state index in [1.165, 1.54) is 0 Å². The lowest BCUT2D eigenvalue weighted by atomic mass is 9.91. The van der Waals surface area contributed by atoms with Crippen molar-refractivity contribution in [2.45, 2.75) is 71.2 Å². The third-order valence-electron chi connectivity index (χ3n) is 4.27. The van der Waals surface area contributed by atoms with Gasteiger partial charge in [0.05, 0.1) is 6.54 Å². The number of carbonyl (C=O) groups excluding carboxylic acids is 1. The van der Waals surface area contributed by atoms with E-state index in [0.717, 1.165) is 25.9 Å². The molecule has 1 spiro atoms. The molecule has 0 bridgehead atoms. The molecule has 0 aromatic rings. The highest BCUT2D eigenvalue weighted by molar-refractivity contribution is 5.74. The van der Waals surface area contributed by atoms with E-state index in [1.54, 1.807) is 0 Å². The second-order valence-corrected chi connectivity index (χ2v) is 7.87. The average Bonchev–Trinajstić information content (AvgIpc) is 2.53. The fourth-order valence-electron chi connectivity index (χ4n) is 3.30. The van der Waals surface area contributed by atoms with Gasteiger partial charge in [0.15, 0.2) is 5.72 Å². The van der Waals surface area contributed by atoms with Gasteiger partial charge in [-0.1, -0.05) is 0 Å². The molecule has 2 heterocycles. The number of ether oxygens (including phenoxy) is 1. The largest absolute Gasteiger partial charge is 0.441 e. The Morgan fingerprint density at radius 3 is 2.26 bits per heavy atom. The molecule has 1 atom stereocenters. The molecular formula is C15H28N2O2. The van der Waals surface area contributed by atoms with E-state index in [1.807, 2.05) is 0 Å². The summed E-state index contributed by atoms with van der Waals surface area (Å²) >= 11 is 0. The van der Waals surface area contributed by atoms with Gasteiger partial charge < -0.3 is 4.74 Å². The van der Waals surface area contributed by atoms with Crippen LogP contribution in [-0.4, -0.2) is 52.2 Å². The monoisotopic (exact) mass is 268 g/mol. The Labute approximate surface area is 117 Å². The number of piperidine rings is 1. The Morgan fingerprint density at radius 1 is 1.11 bits per heavy atom. The van der Waals surface area contributed by atoms with Gasteiger partial charge in [-0.2, -0.15) is 0 Å². The molecule has 0 radical (unpaired) electrons. The van der Waals surface area contributed by atoms with Crippen molar-refractivity contribution < 1.29 is 9.53 Å². The molecule has 2 aliphatic rings. The van der Waals surface area contributed by atoms with Gasteiger partial charge in [0.2, 0.25) is 0 Å². The first kappa shape index (κ1) is 14.8. The van der Waals surface area contributed by atoms with Gasteiger partial charge >= 0.3 is 5.97 Å². The highest BCUT2D eigenvalue weighted by Crippen LogP contribution is 2.39. The fraction of sp³-hybridized carbons (Fsp3) is 0.933. The summed E-state index contributed by atoms with van der Waals surface area (Å²) in [4.78, 5) is 16.5. The van der Waals surface area contributed by atoms with Crippen molar-refractivity contribution in [1.82, 2.24) is 9.80 Å². The molecule has 2 rings (SSSR count). The van der Waals surface area contributed by atoms with Crippen LogP contribution in [0.3, 0.4) is 0 Å². The van der Waals surface area contributed by atoms with E-state index in [-0.39, 0.29) is 17.0 Å². The summed E-state index contributed by atoms with van der Waals surface area (Å²) in [5.74, 6) is -0.0781. The summed E-state index contributed by atoms with van der Waals surface area (Å²) in [6.07, 6.45) is 2.03. The number of carbonyl (C=O) groups is 1. The molecule has 2 fully saturated rings. The number of esters is 1. The first-order valence-electron chi connectivity index (χ1n) is 7.29. The lowest BCUT2D eigenvalue weighted by Gasteiger charge is -2.51. The summed E-state index contributed by atoms with van der Waals surface area (Å²) in [7, 11) is 0. The second-order valence-electron chi connectivity index (χ2n) is 7.87. The quantitative estimate of drug-likeness (QED) is 0.631. The Bertz CT molecular complexity index is 367. The van der Waals surface area contributed by atoms with Crippen LogP contribution in [0.5, 0.6) is 0 Å². The topological polar surface area (TPSA) is 32.8 Å². The van der Waals surface area contributed by atoms with Crippen LogP contribution in [0.2, 0.25) is 0 Å². The smallest absolute Gasteiger partial charge is 0.322 e. The lowest BCUT2D eigenvalue weighted by molar-refractivity contribution is -0.177. The Balaban J connectivity index is 2.27. The first-order valence-corrected chi connectivity index (χ1v) is 7.29. The van der Waals surface area contributed by atoms with Gasteiger partial charge in [-0.25, -0.2) is 4.90 Å². The van der Waals surface area contributed by atoms with Crippen LogP contribution in [0.1, 0.15) is 54.4 Å². The van der Waals surface area contributed by atoms with E-state index in [9.17, 15) is 4.79 Å². The van der Waals surface area contributed by atoms with Crippen LogP contribution in [0.4, 0.5) is 0 Å². The van der Waals surface area contributed by atoms with Crippen molar-refractivity contribution in [1.29, 1.82) is 0 Å². The standard InChI is InChI=1S/C15H28N2O2/c1-13(2,3)16-9-7-8-15(11-16)17(14(4,5)6)10-12(18)19-15/h7-11H2,1-6H3. The molecule has 19 heavy (non-hydrogen) atoms. The lowest BCUT2D eigenvalue weighted by Crippen LogP contribution is -2.63. The second kappa shape index (κ2) is 4.45. The Hall–Kier alpha value is -0.610. The number of nitrogens with zero attached hydrogens (tertiary/aromatic N) is 2. The van der Waals surface area contributed by atoms with E-state index in [4.69, 9.17) is 4.74 Å². The van der Waals surface area contributed by atoms with Gasteiger partial charge in [-0.15, -0.1) is 0 Å². The van der Waals surface area contributed by atoms with Crippen LogP contribution in [-0.2, 0) is 9.53 Å². The predicted octanol–water partition coefficient (Wildman–Crippen LogP) is 2.23. The maximum absolute atomic E-state index is 11.8. The third-order valence-corrected chi connectivity index (χ3v) is 4.27. The first-order chi connectivity index (χ1) is 8.55. The molecule has 4 nitrogen and oxygen atoms in total. The van der Waals surface area contributed by atoms with Crippen molar-refractivity contribution in [3.05, 3.63) is 0 Å². The predicted molar refractivity (Wildman–Crippen MR) is 75.8 cm³/mol. The number of hydrogen-bond acceptors (Lipinski definition) is 4. The summed E-state index contributed by atoms with van der Waals surface area (Å²) in [5.41, 5.74) is -0.347. The SMILES string of the molecule is CC(C)(C)N1CCCC2(C1)OC(=O)CN2C(C)(C)C. The molecule has 0 aromatic carbocycles. The number of rotatable bonds is 0. The molecular weight excluding hydrogens is 240 g/mol. The van der Waals surface area contributed by atoms with Gasteiger partial charge in [0, 0.05) is 17.5 Å². The van der Waals surface area contributed by atoms with Gasteiger partial charge in [-0.3, -0.25) is 9.69 Å². The molecule has 0 N–H and O–H groups in total. The van der Waals surface area contributed by atoms with E-state index < -0.39 is 5.72 Å². The summed E-state index contributed by atoms with van der Waals surface area (Å²) < 4.78 is 5.80. The number of likely N-dealkylation sites (tertiary alicyclic amines) is 1. The minimum Gasteiger partial charge on any atom is -0.441 e. The maximum Gasteiger partial charge on any atom is 0.322 e. The summed E-state index contributed by atoms with van der Waals surface area (Å²) in [6, 6.07) is 0. The zero-order chi connectivity index (χ0) is 14.5. The normalized spacial score (nSPS) is 30.9. The van der Waals surface area contributed by atoms with Gasteiger partial charge in [0.1, 0.15) is 6.54 Å². The van der Waals surface area contributed by atoms with Crippen LogP contribution in [0, 0.1) is 0 Å². The van der Waals surface area contributed by atoms with E-state index in [0.29, 0.717) is 6.54 Å². The van der Waals surface area contributed by atoms with Gasteiger partial charge in [-0.05, 0) is 54.5 Å². The van der Waals surface area contributed by atoms with Crippen LogP contribution in [0.25, 0.3) is 0 Å². The molecule has 2 saturated heterocycles. The fourth-order valence-corrected chi connectivity index (χ4v) is 3.30. The minimum atomic E-state index is -0.416. The zero-order valence-corrected chi connectivity index (χ0v) is 13.2. The van der Waals surface area contributed by atoms with E-state index >= 15 is 0 Å². The highest BCUT2D eigenvalue weighted by Gasteiger charge is 2.54. The van der Waals surface area contributed by atoms with Crippen LogP contribution < -0.4 is 0 Å². The van der Waals surface area contributed by atoms with Crippen LogP contribution in [0.15, 0.2) is 0 Å². The van der Waals surface area contributed by atoms with Crippen molar-refractivity contribution in [3.8, 4) is 0 Å². The molecule has 0 aliphatic carbocycles. The Morgan fingerprint density at radius 2 is 1.74 bits per heavy atom. The molecule has 2 aliphatic heterocycles. The molecule has 4 heteroatoms. The molecule has 0 aromatic heterocycles. The minimum absolute atomic E-state index is 0.0486. The third kappa shape index (κ3) is 2.79. The molecule has 0 saturated carbocycles. The summed E-state index contributed by atoms with van der Waals surface area (Å²) in [6.45, 7) is 15.5. The summed E-state index contributed by atoms with van der Waals surface area (Å²) in [5, 5.41) is 0. The number of hydrogen-bond donors (Lipinski definition) is 0. The van der Waals surface area contributed by atoms with Gasteiger partial charge in [0.25, 0.3) is 0 Å². The van der Waals surface area contributed by atoms with Crippen molar-refractivity contribution in [3.63, 3.8) is 0 Å². The maximum atomic E-state index is 11.8. The molecule has 0 amide bonds. The molecule has 110 valence electrons. The Kier molecular flexibility index (Phi) is 3.47. The highest BCUT2D eigenvalue weighted by atomic mass is 16.6.